The smallest absolute Gasteiger partial charge is 0.172 e. The zero-order valence-corrected chi connectivity index (χ0v) is 10.2. The van der Waals surface area contributed by atoms with Gasteiger partial charge in [-0.15, -0.1) is 0 Å². The lowest BCUT2D eigenvalue weighted by atomic mass is 10.2. The third-order valence-corrected chi connectivity index (χ3v) is 2.27. The molecule has 1 N–H and O–H groups in total. The van der Waals surface area contributed by atoms with Gasteiger partial charge >= 0.3 is 0 Å². The minimum absolute atomic E-state index is 0.636. The van der Waals surface area contributed by atoms with Gasteiger partial charge in [0.1, 0.15) is 0 Å². The van der Waals surface area contributed by atoms with Gasteiger partial charge in [-0.05, 0) is 18.5 Å². The SMILES string of the molecule is CC(C)CNCc1cncc(-n2cccn2)n1. The van der Waals surface area contributed by atoms with Crippen molar-refractivity contribution in [2.75, 3.05) is 6.54 Å². The largest absolute Gasteiger partial charge is 0.311 e. The highest BCUT2D eigenvalue weighted by molar-refractivity contribution is 5.18. The van der Waals surface area contributed by atoms with E-state index in [1.54, 1.807) is 23.3 Å². The minimum atomic E-state index is 0.636. The molecule has 90 valence electrons. The number of nitrogens with zero attached hydrogens (tertiary/aromatic N) is 4. The summed E-state index contributed by atoms with van der Waals surface area (Å²) in [5.74, 6) is 1.39. The summed E-state index contributed by atoms with van der Waals surface area (Å²) < 4.78 is 1.71. The van der Waals surface area contributed by atoms with E-state index in [9.17, 15) is 0 Å². The van der Waals surface area contributed by atoms with Crippen molar-refractivity contribution in [3.05, 3.63) is 36.5 Å². The molecule has 0 saturated heterocycles. The van der Waals surface area contributed by atoms with E-state index < -0.39 is 0 Å². The fourth-order valence-electron chi connectivity index (χ4n) is 1.48. The lowest BCUT2D eigenvalue weighted by Crippen LogP contribution is -2.20. The van der Waals surface area contributed by atoms with Gasteiger partial charge in [0.2, 0.25) is 0 Å². The van der Waals surface area contributed by atoms with Gasteiger partial charge in [0.05, 0.1) is 11.9 Å². The molecule has 2 aromatic heterocycles. The summed E-state index contributed by atoms with van der Waals surface area (Å²) in [4.78, 5) is 8.66. The van der Waals surface area contributed by atoms with E-state index in [1.807, 2.05) is 12.3 Å². The maximum atomic E-state index is 4.49. The van der Waals surface area contributed by atoms with Crippen LogP contribution in [0, 0.1) is 5.92 Å². The van der Waals surface area contributed by atoms with Crippen LogP contribution in [0.2, 0.25) is 0 Å². The van der Waals surface area contributed by atoms with Crippen LogP contribution >= 0.6 is 0 Å². The molecule has 5 nitrogen and oxygen atoms in total. The molecule has 0 aliphatic rings. The summed E-state index contributed by atoms with van der Waals surface area (Å²) in [6, 6.07) is 1.87. The van der Waals surface area contributed by atoms with Crippen LogP contribution < -0.4 is 5.32 Å². The van der Waals surface area contributed by atoms with Crippen molar-refractivity contribution >= 4 is 0 Å². The lowest BCUT2D eigenvalue weighted by Gasteiger charge is -2.07. The second kappa shape index (κ2) is 5.54. The molecule has 0 bridgehead atoms. The maximum absolute atomic E-state index is 4.49. The highest BCUT2D eigenvalue weighted by Gasteiger charge is 2.01. The molecule has 0 saturated carbocycles. The van der Waals surface area contributed by atoms with E-state index >= 15 is 0 Å². The Morgan fingerprint density at radius 2 is 2.24 bits per heavy atom. The summed E-state index contributed by atoms with van der Waals surface area (Å²) in [6.07, 6.45) is 7.07. The molecule has 5 heteroatoms. The van der Waals surface area contributed by atoms with Crippen molar-refractivity contribution in [1.82, 2.24) is 25.1 Å². The molecule has 0 atom stereocenters. The van der Waals surface area contributed by atoms with Crippen molar-refractivity contribution in [3.8, 4) is 5.82 Å². The molecule has 0 aromatic carbocycles. The van der Waals surface area contributed by atoms with Crippen molar-refractivity contribution in [2.45, 2.75) is 20.4 Å². The average molecular weight is 231 g/mol. The number of nitrogens with one attached hydrogen (secondary N) is 1. The van der Waals surface area contributed by atoms with Gasteiger partial charge in [-0.1, -0.05) is 13.8 Å². The second-order valence-corrected chi connectivity index (χ2v) is 4.34. The molecule has 0 spiro atoms. The normalized spacial score (nSPS) is 11.0. The van der Waals surface area contributed by atoms with Crippen LogP contribution in [0.15, 0.2) is 30.9 Å². The molecule has 0 amide bonds. The van der Waals surface area contributed by atoms with Gasteiger partial charge in [0, 0.05) is 25.1 Å². The molecule has 0 radical (unpaired) electrons. The molecule has 0 aliphatic carbocycles. The Bertz CT molecular complexity index is 450. The minimum Gasteiger partial charge on any atom is -0.311 e. The van der Waals surface area contributed by atoms with Crippen molar-refractivity contribution in [1.29, 1.82) is 0 Å². The average Bonchev–Trinajstić information content (AvgIpc) is 2.82. The second-order valence-electron chi connectivity index (χ2n) is 4.34. The molecule has 0 fully saturated rings. The van der Waals surface area contributed by atoms with E-state index in [0.717, 1.165) is 24.6 Å². The van der Waals surface area contributed by atoms with Gasteiger partial charge < -0.3 is 5.32 Å². The lowest BCUT2D eigenvalue weighted by molar-refractivity contribution is 0.547. The van der Waals surface area contributed by atoms with Gasteiger partial charge in [0.25, 0.3) is 0 Å². The topological polar surface area (TPSA) is 55.6 Å². The Labute approximate surface area is 101 Å². The number of hydrogen-bond acceptors (Lipinski definition) is 4. The van der Waals surface area contributed by atoms with Crippen LogP contribution in [-0.4, -0.2) is 26.3 Å². The zero-order chi connectivity index (χ0) is 12.1. The fraction of sp³-hybridized carbons (Fsp3) is 0.417. The predicted octanol–water partition coefficient (Wildman–Crippen LogP) is 1.41. The highest BCUT2D eigenvalue weighted by atomic mass is 15.3. The van der Waals surface area contributed by atoms with Crippen molar-refractivity contribution < 1.29 is 0 Å². The molecular formula is C12H17N5. The quantitative estimate of drug-likeness (QED) is 0.845. The fourth-order valence-corrected chi connectivity index (χ4v) is 1.48. The van der Waals surface area contributed by atoms with E-state index in [0.29, 0.717) is 5.92 Å². The summed E-state index contributed by atoms with van der Waals surface area (Å²) >= 11 is 0. The van der Waals surface area contributed by atoms with Crippen LogP contribution in [0.25, 0.3) is 5.82 Å². The standard InChI is InChI=1S/C12H17N5/c1-10(2)6-13-7-11-8-14-9-12(16-11)17-5-3-4-15-17/h3-5,8-10,13H,6-7H2,1-2H3. The first-order valence-corrected chi connectivity index (χ1v) is 5.77. The number of hydrogen-bond donors (Lipinski definition) is 1. The first-order valence-electron chi connectivity index (χ1n) is 5.77. The Morgan fingerprint density at radius 1 is 1.35 bits per heavy atom. The summed E-state index contributed by atoms with van der Waals surface area (Å²) in [6.45, 7) is 6.08. The molecule has 17 heavy (non-hydrogen) atoms. The Morgan fingerprint density at radius 3 is 2.94 bits per heavy atom. The van der Waals surface area contributed by atoms with Crippen molar-refractivity contribution in [3.63, 3.8) is 0 Å². The van der Waals surface area contributed by atoms with Crippen LogP contribution in [0.1, 0.15) is 19.5 Å². The summed E-state index contributed by atoms with van der Waals surface area (Å²) in [5, 5.41) is 7.47. The maximum Gasteiger partial charge on any atom is 0.172 e. The Balaban J connectivity index is 2.02. The zero-order valence-electron chi connectivity index (χ0n) is 10.2. The predicted molar refractivity (Wildman–Crippen MR) is 65.7 cm³/mol. The van der Waals surface area contributed by atoms with Gasteiger partial charge in [-0.3, -0.25) is 4.98 Å². The highest BCUT2D eigenvalue weighted by Crippen LogP contribution is 2.02. The Kier molecular flexibility index (Phi) is 3.82. The third-order valence-electron chi connectivity index (χ3n) is 2.27. The van der Waals surface area contributed by atoms with Crippen LogP contribution in [0.3, 0.4) is 0 Å². The molecule has 2 aromatic rings. The third kappa shape index (κ3) is 3.35. The molecule has 0 aliphatic heterocycles. The van der Waals surface area contributed by atoms with Crippen LogP contribution in [0.5, 0.6) is 0 Å². The van der Waals surface area contributed by atoms with Gasteiger partial charge in [-0.25, -0.2) is 9.67 Å². The monoisotopic (exact) mass is 231 g/mol. The summed E-state index contributed by atoms with van der Waals surface area (Å²) in [7, 11) is 0. The van der Waals surface area contributed by atoms with E-state index in [-0.39, 0.29) is 0 Å². The van der Waals surface area contributed by atoms with E-state index in [2.05, 4.69) is 34.2 Å². The Hall–Kier alpha value is -1.75. The first kappa shape index (κ1) is 11.7. The summed E-state index contributed by atoms with van der Waals surface area (Å²) in [5.41, 5.74) is 0.929. The molecule has 0 unspecified atom stereocenters. The molecular weight excluding hydrogens is 214 g/mol. The number of rotatable bonds is 5. The van der Waals surface area contributed by atoms with E-state index in [4.69, 9.17) is 0 Å². The molecule has 2 heterocycles. The van der Waals surface area contributed by atoms with Gasteiger partial charge in [0.15, 0.2) is 5.82 Å². The van der Waals surface area contributed by atoms with Crippen LogP contribution in [-0.2, 0) is 6.54 Å². The molecule has 2 rings (SSSR count). The van der Waals surface area contributed by atoms with Crippen LogP contribution in [0.4, 0.5) is 0 Å². The number of aromatic nitrogens is 4. The van der Waals surface area contributed by atoms with Crippen molar-refractivity contribution in [2.24, 2.45) is 5.92 Å². The van der Waals surface area contributed by atoms with E-state index in [1.165, 1.54) is 0 Å². The van der Waals surface area contributed by atoms with Gasteiger partial charge in [-0.2, -0.15) is 5.10 Å². The first-order chi connectivity index (χ1) is 8.25.